The van der Waals surface area contributed by atoms with Crippen molar-refractivity contribution in [2.45, 2.75) is 39.5 Å². The van der Waals surface area contributed by atoms with Crippen molar-refractivity contribution in [3.63, 3.8) is 0 Å². The van der Waals surface area contributed by atoms with Gasteiger partial charge in [0, 0.05) is 13.1 Å². The van der Waals surface area contributed by atoms with E-state index in [0.717, 1.165) is 11.3 Å². The number of amides is 2. The number of rotatable bonds is 0. The third kappa shape index (κ3) is 3.11. The Bertz CT molecular complexity index is 651. The van der Waals surface area contributed by atoms with Gasteiger partial charge in [-0.2, -0.15) is 0 Å². The molecule has 2 aliphatic heterocycles. The molecule has 3 rings (SSSR count). The molecule has 2 aliphatic rings. The van der Waals surface area contributed by atoms with Crippen LogP contribution in [0.3, 0.4) is 0 Å². The lowest BCUT2D eigenvalue weighted by Crippen LogP contribution is -2.64. The Balaban J connectivity index is 1.79. The standard InChI is InChI=1S/C17H23N3O3/c1-11-5-6-12-13(9-11)20-8-7-19(10-14(20)18-15(12)21)16(22)23-17(2,3)4/h5-6,9,14H,7-8,10H2,1-4H3,(H,18,21). The first-order chi connectivity index (χ1) is 10.7. The minimum absolute atomic E-state index is 0.0905. The lowest BCUT2D eigenvalue weighted by molar-refractivity contribution is 0.0200. The van der Waals surface area contributed by atoms with Gasteiger partial charge in [0.05, 0.1) is 17.8 Å². The topological polar surface area (TPSA) is 61.9 Å². The molecule has 0 aliphatic carbocycles. The second-order valence-corrected chi connectivity index (χ2v) is 7.13. The molecule has 1 saturated heterocycles. The molecule has 1 N–H and O–H groups in total. The molecular weight excluding hydrogens is 294 g/mol. The van der Waals surface area contributed by atoms with Crippen molar-refractivity contribution in [2.24, 2.45) is 0 Å². The van der Waals surface area contributed by atoms with Crippen molar-refractivity contribution in [3.8, 4) is 0 Å². The van der Waals surface area contributed by atoms with Gasteiger partial charge in [0.15, 0.2) is 0 Å². The number of hydrogen-bond acceptors (Lipinski definition) is 4. The Kier molecular flexibility index (Phi) is 3.70. The maximum absolute atomic E-state index is 12.3. The lowest BCUT2D eigenvalue weighted by Gasteiger charge is -2.45. The van der Waals surface area contributed by atoms with Crippen LogP contribution in [-0.2, 0) is 4.74 Å². The SMILES string of the molecule is Cc1ccc2c(c1)N1CCN(C(=O)OC(C)(C)C)CC1NC2=O. The number of carbonyl (C=O) groups is 2. The molecule has 1 fully saturated rings. The third-order valence-corrected chi connectivity index (χ3v) is 4.04. The highest BCUT2D eigenvalue weighted by Crippen LogP contribution is 2.29. The van der Waals surface area contributed by atoms with Gasteiger partial charge >= 0.3 is 6.09 Å². The van der Waals surface area contributed by atoms with Gasteiger partial charge in [0.1, 0.15) is 11.8 Å². The first-order valence-electron chi connectivity index (χ1n) is 7.91. The molecule has 1 aromatic rings. The number of nitrogens with one attached hydrogen (secondary N) is 1. The molecular formula is C17H23N3O3. The number of nitrogens with zero attached hydrogens (tertiary/aromatic N) is 2. The van der Waals surface area contributed by atoms with E-state index in [-0.39, 0.29) is 18.2 Å². The Hall–Kier alpha value is -2.24. The van der Waals surface area contributed by atoms with E-state index in [0.29, 0.717) is 25.2 Å². The van der Waals surface area contributed by atoms with Gasteiger partial charge in [-0.3, -0.25) is 4.79 Å². The highest BCUT2D eigenvalue weighted by atomic mass is 16.6. The number of piperazine rings is 1. The highest BCUT2D eigenvalue weighted by molar-refractivity contribution is 6.02. The molecule has 1 atom stereocenters. The molecule has 2 heterocycles. The van der Waals surface area contributed by atoms with Crippen molar-refractivity contribution in [3.05, 3.63) is 29.3 Å². The smallest absolute Gasteiger partial charge is 0.410 e. The maximum Gasteiger partial charge on any atom is 0.410 e. The molecule has 2 amide bonds. The molecule has 124 valence electrons. The van der Waals surface area contributed by atoms with Crippen LogP contribution in [0.25, 0.3) is 0 Å². The van der Waals surface area contributed by atoms with E-state index in [2.05, 4.69) is 10.2 Å². The molecule has 0 spiro atoms. The van der Waals surface area contributed by atoms with Gasteiger partial charge in [-0.05, 0) is 45.4 Å². The molecule has 6 nitrogen and oxygen atoms in total. The number of anilines is 1. The summed E-state index contributed by atoms with van der Waals surface area (Å²) in [7, 11) is 0. The first kappa shape index (κ1) is 15.6. The minimum Gasteiger partial charge on any atom is -0.444 e. The van der Waals surface area contributed by atoms with Crippen molar-refractivity contribution >= 4 is 17.7 Å². The van der Waals surface area contributed by atoms with Gasteiger partial charge in [0.2, 0.25) is 0 Å². The van der Waals surface area contributed by atoms with Crippen LogP contribution in [0.5, 0.6) is 0 Å². The van der Waals surface area contributed by atoms with Crippen LogP contribution < -0.4 is 10.2 Å². The van der Waals surface area contributed by atoms with Crippen LogP contribution in [0.1, 0.15) is 36.7 Å². The zero-order valence-electron chi connectivity index (χ0n) is 14.0. The summed E-state index contributed by atoms with van der Waals surface area (Å²) >= 11 is 0. The molecule has 0 bridgehead atoms. The fraction of sp³-hybridized carbons (Fsp3) is 0.529. The molecule has 0 aromatic heterocycles. The van der Waals surface area contributed by atoms with Crippen LogP contribution in [0.15, 0.2) is 18.2 Å². The normalized spacial score (nSPS) is 20.5. The van der Waals surface area contributed by atoms with Gasteiger partial charge < -0.3 is 19.9 Å². The Morgan fingerprint density at radius 2 is 2.04 bits per heavy atom. The summed E-state index contributed by atoms with van der Waals surface area (Å²) in [5.74, 6) is -0.0905. The minimum atomic E-state index is -0.520. The summed E-state index contributed by atoms with van der Waals surface area (Å²) in [6.45, 7) is 9.23. The van der Waals surface area contributed by atoms with Crippen LogP contribution in [0.4, 0.5) is 10.5 Å². The number of hydrogen-bond donors (Lipinski definition) is 1. The Labute approximate surface area is 136 Å². The number of fused-ring (bicyclic) bond motifs is 3. The van der Waals surface area contributed by atoms with Gasteiger partial charge in [-0.15, -0.1) is 0 Å². The van der Waals surface area contributed by atoms with Gasteiger partial charge in [-0.1, -0.05) is 6.07 Å². The van der Waals surface area contributed by atoms with Crippen molar-refractivity contribution in [1.29, 1.82) is 0 Å². The monoisotopic (exact) mass is 317 g/mol. The third-order valence-electron chi connectivity index (χ3n) is 4.04. The molecule has 6 heteroatoms. The number of benzene rings is 1. The fourth-order valence-electron chi connectivity index (χ4n) is 2.99. The number of ether oxygens (including phenoxy) is 1. The second-order valence-electron chi connectivity index (χ2n) is 7.13. The first-order valence-corrected chi connectivity index (χ1v) is 7.91. The highest BCUT2D eigenvalue weighted by Gasteiger charge is 2.37. The van der Waals surface area contributed by atoms with Crippen LogP contribution >= 0.6 is 0 Å². The summed E-state index contributed by atoms with van der Waals surface area (Å²) in [6.07, 6.45) is -0.542. The predicted octanol–water partition coefficient (Wildman–Crippen LogP) is 2.12. The van der Waals surface area contributed by atoms with Crippen molar-refractivity contribution < 1.29 is 14.3 Å². The molecule has 1 aromatic carbocycles. The summed E-state index contributed by atoms with van der Waals surface area (Å²) in [6, 6.07) is 5.83. The summed E-state index contributed by atoms with van der Waals surface area (Å²) in [4.78, 5) is 28.3. The van der Waals surface area contributed by atoms with E-state index in [1.165, 1.54) is 0 Å². The Morgan fingerprint density at radius 3 is 2.74 bits per heavy atom. The zero-order valence-corrected chi connectivity index (χ0v) is 14.0. The molecule has 0 radical (unpaired) electrons. The quantitative estimate of drug-likeness (QED) is 0.796. The van der Waals surface area contributed by atoms with E-state index in [1.54, 1.807) is 4.90 Å². The lowest BCUT2D eigenvalue weighted by atomic mass is 10.0. The molecule has 1 unspecified atom stereocenters. The Morgan fingerprint density at radius 1 is 1.30 bits per heavy atom. The van der Waals surface area contributed by atoms with Gasteiger partial charge in [-0.25, -0.2) is 4.79 Å². The molecule has 23 heavy (non-hydrogen) atoms. The van der Waals surface area contributed by atoms with Crippen LogP contribution in [-0.4, -0.2) is 48.3 Å². The van der Waals surface area contributed by atoms with Crippen molar-refractivity contribution in [2.75, 3.05) is 24.5 Å². The van der Waals surface area contributed by atoms with E-state index < -0.39 is 5.60 Å². The number of aryl methyl sites for hydroxylation is 1. The van der Waals surface area contributed by atoms with Crippen LogP contribution in [0, 0.1) is 6.92 Å². The van der Waals surface area contributed by atoms with Gasteiger partial charge in [0.25, 0.3) is 5.91 Å². The second kappa shape index (κ2) is 5.44. The van der Waals surface area contributed by atoms with Crippen molar-refractivity contribution in [1.82, 2.24) is 10.2 Å². The maximum atomic E-state index is 12.3. The van der Waals surface area contributed by atoms with E-state index in [9.17, 15) is 9.59 Å². The average Bonchev–Trinajstić information content (AvgIpc) is 2.44. The van der Waals surface area contributed by atoms with Crippen LogP contribution in [0.2, 0.25) is 0 Å². The average molecular weight is 317 g/mol. The van der Waals surface area contributed by atoms with E-state index in [4.69, 9.17) is 4.74 Å². The predicted molar refractivity (Wildman–Crippen MR) is 87.6 cm³/mol. The summed E-state index contributed by atoms with van der Waals surface area (Å²) < 4.78 is 5.43. The zero-order chi connectivity index (χ0) is 16.8. The largest absolute Gasteiger partial charge is 0.444 e. The van der Waals surface area contributed by atoms with E-state index >= 15 is 0 Å². The number of carbonyl (C=O) groups excluding carboxylic acids is 2. The summed E-state index contributed by atoms with van der Waals surface area (Å²) in [5.41, 5.74) is 2.24. The van der Waals surface area contributed by atoms with E-state index in [1.807, 2.05) is 45.9 Å². The summed E-state index contributed by atoms with van der Waals surface area (Å²) in [5, 5.41) is 2.98. The fourth-order valence-corrected chi connectivity index (χ4v) is 2.99. The molecule has 0 saturated carbocycles.